The van der Waals surface area contributed by atoms with E-state index in [4.69, 9.17) is 5.11 Å². The predicted octanol–water partition coefficient (Wildman–Crippen LogP) is 1.12. The number of aliphatic hydroxyl groups excluding tert-OH is 1. The molecule has 2 atom stereocenters. The predicted molar refractivity (Wildman–Crippen MR) is 43.3 cm³/mol. The molecule has 1 heterocycles. The zero-order chi connectivity index (χ0) is 7.84. The lowest BCUT2D eigenvalue weighted by Gasteiger charge is -1.99. The Hall–Kier alpha value is -0.760. The Morgan fingerprint density at radius 3 is 3.00 bits per heavy atom. The maximum absolute atomic E-state index is 8.86. The number of aryl methyl sites for hydroxylation is 1. The fraction of sp³-hybridized carbons (Fsp3) is 0.556. The third-order valence-electron chi connectivity index (χ3n) is 2.52. The topological polar surface area (TPSA) is 25.2 Å². The highest BCUT2D eigenvalue weighted by Gasteiger charge is 2.38. The Morgan fingerprint density at radius 2 is 2.55 bits per heavy atom. The second-order valence-electron chi connectivity index (χ2n) is 3.33. The van der Waals surface area contributed by atoms with Gasteiger partial charge in [0, 0.05) is 31.5 Å². The van der Waals surface area contributed by atoms with Gasteiger partial charge < -0.3 is 9.67 Å². The molecule has 0 spiro atoms. The van der Waals surface area contributed by atoms with Gasteiger partial charge >= 0.3 is 0 Å². The minimum absolute atomic E-state index is 0.343. The van der Waals surface area contributed by atoms with Gasteiger partial charge in [-0.15, -0.1) is 0 Å². The Bertz CT molecular complexity index is 254. The Labute approximate surface area is 66.5 Å². The molecule has 0 bridgehead atoms. The lowest BCUT2D eigenvalue weighted by Crippen LogP contribution is -1.95. The summed E-state index contributed by atoms with van der Waals surface area (Å²) in [5.74, 6) is 1.16. The second kappa shape index (κ2) is 2.38. The summed E-state index contributed by atoms with van der Waals surface area (Å²) in [5.41, 5.74) is 1.36. The van der Waals surface area contributed by atoms with E-state index in [1.54, 1.807) is 0 Å². The number of aliphatic hydroxyl groups is 1. The quantitative estimate of drug-likeness (QED) is 0.673. The minimum Gasteiger partial charge on any atom is -0.396 e. The number of hydrogen-bond donors (Lipinski definition) is 1. The average molecular weight is 151 g/mol. The summed E-state index contributed by atoms with van der Waals surface area (Å²) < 4.78 is 2.14. The van der Waals surface area contributed by atoms with Crippen molar-refractivity contribution in [1.82, 2.24) is 4.57 Å². The van der Waals surface area contributed by atoms with Crippen molar-refractivity contribution in [2.24, 2.45) is 13.0 Å². The van der Waals surface area contributed by atoms with Gasteiger partial charge in [-0.3, -0.25) is 0 Å². The van der Waals surface area contributed by atoms with Crippen LogP contribution in [0.1, 0.15) is 18.0 Å². The van der Waals surface area contributed by atoms with Gasteiger partial charge in [-0.05, 0) is 24.5 Å². The first-order chi connectivity index (χ1) is 5.33. The fourth-order valence-electron chi connectivity index (χ4n) is 1.67. The minimum atomic E-state index is 0.343. The largest absolute Gasteiger partial charge is 0.396 e. The van der Waals surface area contributed by atoms with Gasteiger partial charge in [0.15, 0.2) is 0 Å². The second-order valence-corrected chi connectivity index (χ2v) is 3.33. The van der Waals surface area contributed by atoms with E-state index in [0.29, 0.717) is 18.4 Å². The van der Waals surface area contributed by atoms with E-state index in [2.05, 4.69) is 29.9 Å². The molecule has 2 heteroatoms. The number of rotatable bonds is 2. The summed E-state index contributed by atoms with van der Waals surface area (Å²) >= 11 is 0. The Balaban J connectivity index is 2.14. The Morgan fingerprint density at radius 1 is 1.73 bits per heavy atom. The molecular weight excluding hydrogens is 138 g/mol. The molecular formula is C9H13NO. The molecule has 11 heavy (non-hydrogen) atoms. The van der Waals surface area contributed by atoms with Crippen molar-refractivity contribution in [2.75, 3.05) is 6.61 Å². The van der Waals surface area contributed by atoms with Crippen LogP contribution in [0.25, 0.3) is 0 Å². The molecule has 1 fully saturated rings. The van der Waals surface area contributed by atoms with E-state index >= 15 is 0 Å². The average Bonchev–Trinajstić information content (AvgIpc) is 2.68. The van der Waals surface area contributed by atoms with Gasteiger partial charge in [0.2, 0.25) is 0 Å². The van der Waals surface area contributed by atoms with Crippen LogP contribution in [0.2, 0.25) is 0 Å². The van der Waals surface area contributed by atoms with E-state index in [-0.39, 0.29) is 0 Å². The fourth-order valence-corrected chi connectivity index (χ4v) is 1.67. The molecule has 0 amide bonds. The highest BCUT2D eigenvalue weighted by molar-refractivity contribution is 5.19. The van der Waals surface area contributed by atoms with Gasteiger partial charge in [-0.1, -0.05) is 0 Å². The highest BCUT2D eigenvalue weighted by atomic mass is 16.3. The summed E-state index contributed by atoms with van der Waals surface area (Å²) in [6.07, 6.45) is 3.22. The normalized spacial score (nSPS) is 28.9. The van der Waals surface area contributed by atoms with Crippen LogP contribution in [0.5, 0.6) is 0 Å². The maximum atomic E-state index is 8.86. The van der Waals surface area contributed by atoms with Crippen LogP contribution in [-0.2, 0) is 7.05 Å². The summed E-state index contributed by atoms with van der Waals surface area (Å²) in [4.78, 5) is 0. The Kier molecular flexibility index (Phi) is 1.50. The molecule has 1 aliphatic carbocycles. The van der Waals surface area contributed by atoms with Crippen LogP contribution in [0.15, 0.2) is 18.3 Å². The van der Waals surface area contributed by atoms with Crippen molar-refractivity contribution in [1.29, 1.82) is 0 Å². The lowest BCUT2D eigenvalue weighted by atomic mass is 10.2. The first-order valence-corrected chi connectivity index (χ1v) is 4.05. The molecule has 0 radical (unpaired) electrons. The van der Waals surface area contributed by atoms with Crippen molar-refractivity contribution in [3.63, 3.8) is 0 Å². The van der Waals surface area contributed by atoms with E-state index in [1.807, 2.05) is 0 Å². The van der Waals surface area contributed by atoms with Crippen molar-refractivity contribution in [2.45, 2.75) is 12.3 Å². The van der Waals surface area contributed by atoms with Crippen LogP contribution < -0.4 is 0 Å². The molecule has 2 nitrogen and oxygen atoms in total. The third kappa shape index (κ3) is 1.07. The molecule has 0 saturated heterocycles. The molecule has 1 saturated carbocycles. The van der Waals surface area contributed by atoms with Crippen LogP contribution in [-0.4, -0.2) is 16.3 Å². The highest BCUT2D eigenvalue weighted by Crippen LogP contribution is 2.46. The van der Waals surface area contributed by atoms with E-state index in [1.165, 1.54) is 5.69 Å². The molecule has 1 aromatic rings. The molecule has 2 rings (SSSR count). The first kappa shape index (κ1) is 6.92. The van der Waals surface area contributed by atoms with E-state index in [0.717, 1.165) is 6.42 Å². The van der Waals surface area contributed by atoms with E-state index < -0.39 is 0 Å². The van der Waals surface area contributed by atoms with Crippen LogP contribution in [0.3, 0.4) is 0 Å². The molecule has 0 aromatic carbocycles. The summed E-state index contributed by atoms with van der Waals surface area (Å²) in [6.45, 7) is 0.343. The van der Waals surface area contributed by atoms with Crippen molar-refractivity contribution < 1.29 is 5.11 Å². The molecule has 60 valence electrons. The summed E-state index contributed by atoms with van der Waals surface area (Å²) in [7, 11) is 2.06. The van der Waals surface area contributed by atoms with Crippen LogP contribution >= 0.6 is 0 Å². The molecule has 0 aliphatic heterocycles. The van der Waals surface area contributed by atoms with Gasteiger partial charge in [-0.2, -0.15) is 0 Å². The number of aromatic nitrogens is 1. The zero-order valence-corrected chi connectivity index (χ0v) is 6.70. The summed E-state index contributed by atoms with van der Waals surface area (Å²) in [6, 6.07) is 4.20. The lowest BCUT2D eigenvalue weighted by molar-refractivity contribution is 0.273. The maximum Gasteiger partial charge on any atom is 0.0465 e. The smallest absolute Gasteiger partial charge is 0.0465 e. The van der Waals surface area contributed by atoms with Crippen molar-refractivity contribution in [3.8, 4) is 0 Å². The summed E-state index contributed by atoms with van der Waals surface area (Å²) in [5, 5.41) is 8.86. The number of hydrogen-bond acceptors (Lipinski definition) is 1. The molecule has 1 aromatic heterocycles. The van der Waals surface area contributed by atoms with Gasteiger partial charge in [-0.25, -0.2) is 0 Å². The first-order valence-electron chi connectivity index (χ1n) is 4.05. The van der Waals surface area contributed by atoms with E-state index in [9.17, 15) is 0 Å². The van der Waals surface area contributed by atoms with Crippen LogP contribution in [0, 0.1) is 5.92 Å². The standard InChI is InChI=1S/C9H13NO/c1-10-4-2-3-9(10)8-5-7(8)6-11/h2-4,7-8,11H,5-6H2,1H3/t7-,8+/m0/s1. The zero-order valence-electron chi connectivity index (χ0n) is 6.70. The third-order valence-corrected chi connectivity index (χ3v) is 2.52. The van der Waals surface area contributed by atoms with Crippen LogP contribution in [0.4, 0.5) is 0 Å². The van der Waals surface area contributed by atoms with Gasteiger partial charge in [0.25, 0.3) is 0 Å². The number of nitrogens with zero attached hydrogens (tertiary/aromatic N) is 1. The SMILES string of the molecule is Cn1cccc1[C@@H]1C[C@H]1CO. The van der Waals surface area contributed by atoms with Gasteiger partial charge in [0.1, 0.15) is 0 Å². The molecule has 0 unspecified atom stereocenters. The van der Waals surface area contributed by atoms with Crippen molar-refractivity contribution >= 4 is 0 Å². The van der Waals surface area contributed by atoms with Crippen molar-refractivity contribution in [3.05, 3.63) is 24.0 Å². The monoisotopic (exact) mass is 151 g/mol. The van der Waals surface area contributed by atoms with Gasteiger partial charge in [0.05, 0.1) is 0 Å². The molecule has 1 N–H and O–H groups in total. The molecule has 1 aliphatic rings.